The highest BCUT2D eigenvalue weighted by Crippen LogP contribution is 2.32. The van der Waals surface area contributed by atoms with Gasteiger partial charge in [0.2, 0.25) is 0 Å². The van der Waals surface area contributed by atoms with Gasteiger partial charge >= 0.3 is 0 Å². The lowest BCUT2D eigenvalue weighted by molar-refractivity contribution is 0.742. The van der Waals surface area contributed by atoms with Crippen LogP contribution < -0.4 is 0 Å². The van der Waals surface area contributed by atoms with Crippen LogP contribution in [0.5, 0.6) is 0 Å². The first-order valence-electron chi connectivity index (χ1n) is 5.25. The number of benzene rings is 1. The molecule has 0 bridgehead atoms. The van der Waals surface area contributed by atoms with Crippen LogP contribution in [-0.4, -0.2) is 0 Å². The Labute approximate surface area is 89.1 Å². The smallest absolute Gasteiger partial charge is 0.0450 e. The SMILES string of the molecule is [N-]=[N+]=Nc1ccccc1C1=CCCCC1. The summed E-state index contributed by atoms with van der Waals surface area (Å²) in [6.45, 7) is 0. The predicted molar refractivity (Wildman–Crippen MR) is 61.7 cm³/mol. The number of hydrogen-bond donors (Lipinski definition) is 0. The molecule has 0 radical (unpaired) electrons. The highest BCUT2D eigenvalue weighted by molar-refractivity contribution is 5.74. The molecule has 3 nitrogen and oxygen atoms in total. The van der Waals surface area contributed by atoms with Crippen LogP contribution in [0.3, 0.4) is 0 Å². The van der Waals surface area contributed by atoms with Gasteiger partial charge in [0.05, 0.1) is 0 Å². The highest BCUT2D eigenvalue weighted by atomic mass is 15.1. The predicted octanol–water partition coefficient (Wildman–Crippen LogP) is 4.59. The standard InChI is InChI=1S/C12H13N3/c13-15-14-12-9-5-4-8-11(12)10-6-2-1-3-7-10/h4-6,8-9H,1-3,7H2. The zero-order valence-corrected chi connectivity index (χ0v) is 8.56. The van der Waals surface area contributed by atoms with E-state index in [9.17, 15) is 0 Å². The normalized spacial score (nSPS) is 15.3. The van der Waals surface area contributed by atoms with Gasteiger partial charge in [0.15, 0.2) is 0 Å². The molecule has 0 fully saturated rings. The maximum absolute atomic E-state index is 8.48. The summed E-state index contributed by atoms with van der Waals surface area (Å²) in [4.78, 5) is 2.86. The van der Waals surface area contributed by atoms with Crippen molar-refractivity contribution >= 4 is 11.3 Å². The van der Waals surface area contributed by atoms with Crippen molar-refractivity contribution in [2.75, 3.05) is 0 Å². The number of nitrogens with zero attached hydrogens (tertiary/aromatic N) is 3. The number of rotatable bonds is 2. The number of allylic oxidation sites excluding steroid dienone is 2. The van der Waals surface area contributed by atoms with Gasteiger partial charge in [-0.25, -0.2) is 0 Å². The highest BCUT2D eigenvalue weighted by Gasteiger charge is 2.08. The van der Waals surface area contributed by atoms with E-state index in [1.807, 2.05) is 24.3 Å². The van der Waals surface area contributed by atoms with Gasteiger partial charge in [0.25, 0.3) is 0 Å². The summed E-state index contributed by atoms with van der Waals surface area (Å²) >= 11 is 0. The molecule has 0 saturated heterocycles. The monoisotopic (exact) mass is 199 g/mol. The van der Waals surface area contributed by atoms with Crippen LogP contribution in [0, 0.1) is 0 Å². The van der Waals surface area contributed by atoms with Gasteiger partial charge < -0.3 is 0 Å². The molecular formula is C12H13N3. The minimum Gasteiger partial charge on any atom is -0.0807 e. The Morgan fingerprint density at radius 1 is 1.20 bits per heavy atom. The molecule has 0 aromatic heterocycles. The average Bonchev–Trinajstić information content (AvgIpc) is 2.31. The van der Waals surface area contributed by atoms with E-state index in [1.54, 1.807) is 0 Å². The minimum atomic E-state index is 0.744. The van der Waals surface area contributed by atoms with Crippen LogP contribution in [0.15, 0.2) is 35.5 Å². The lowest BCUT2D eigenvalue weighted by Crippen LogP contribution is -1.91. The molecule has 76 valence electrons. The molecule has 2 rings (SSSR count). The van der Waals surface area contributed by atoms with Crippen molar-refractivity contribution in [1.82, 2.24) is 0 Å². The minimum absolute atomic E-state index is 0.744. The van der Waals surface area contributed by atoms with Gasteiger partial charge in [-0.15, -0.1) is 0 Å². The van der Waals surface area contributed by atoms with Crippen molar-refractivity contribution in [1.29, 1.82) is 0 Å². The lowest BCUT2D eigenvalue weighted by Gasteiger charge is -2.14. The summed E-state index contributed by atoms with van der Waals surface area (Å²) in [5.41, 5.74) is 11.6. The molecule has 0 amide bonds. The van der Waals surface area contributed by atoms with Crippen LogP contribution in [0.4, 0.5) is 5.69 Å². The summed E-state index contributed by atoms with van der Waals surface area (Å²) < 4.78 is 0. The van der Waals surface area contributed by atoms with Crippen LogP contribution in [0.25, 0.3) is 16.0 Å². The molecule has 0 unspecified atom stereocenters. The third-order valence-electron chi connectivity index (χ3n) is 2.69. The summed E-state index contributed by atoms with van der Waals surface area (Å²) in [6, 6.07) is 7.78. The molecule has 0 saturated carbocycles. The second kappa shape index (κ2) is 4.67. The first-order chi connectivity index (χ1) is 7.42. The molecule has 0 N–H and O–H groups in total. The largest absolute Gasteiger partial charge is 0.0807 e. The second-order valence-electron chi connectivity index (χ2n) is 3.68. The Morgan fingerprint density at radius 2 is 2.07 bits per heavy atom. The zero-order valence-electron chi connectivity index (χ0n) is 8.56. The maximum Gasteiger partial charge on any atom is 0.0450 e. The van der Waals surface area contributed by atoms with E-state index in [1.165, 1.54) is 18.4 Å². The molecule has 15 heavy (non-hydrogen) atoms. The van der Waals surface area contributed by atoms with Crippen LogP contribution >= 0.6 is 0 Å². The molecule has 0 atom stereocenters. The Bertz CT molecular complexity index is 428. The molecule has 1 aliphatic carbocycles. The van der Waals surface area contributed by atoms with E-state index in [0.717, 1.165) is 24.1 Å². The summed E-state index contributed by atoms with van der Waals surface area (Å²) in [5.74, 6) is 0. The maximum atomic E-state index is 8.48. The van der Waals surface area contributed by atoms with Crippen molar-refractivity contribution in [2.45, 2.75) is 25.7 Å². The Hall–Kier alpha value is -1.73. The molecule has 3 heteroatoms. The Balaban J connectivity index is 2.41. The Morgan fingerprint density at radius 3 is 2.80 bits per heavy atom. The molecule has 1 aromatic rings. The summed E-state index contributed by atoms with van der Waals surface area (Å²) in [6.07, 6.45) is 7.00. The van der Waals surface area contributed by atoms with Crippen LogP contribution in [0.2, 0.25) is 0 Å². The van der Waals surface area contributed by atoms with Gasteiger partial charge in [-0.2, -0.15) is 0 Å². The number of hydrogen-bond acceptors (Lipinski definition) is 1. The van der Waals surface area contributed by atoms with E-state index in [2.05, 4.69) is 16.1 Å². The van der Waals surface area contributed by atoms with Crippen molar-refractivity contribution in [2.24, 2.45) is 5.11 Å². The third kappa shape index (κ3) is 2.20. The zero-order chi connectivity index (χ0) is 10.5. The fraction of sp³-hybridized carbons (Fsp3) is 0.333. The molecule has 0 spiro atoms. The van der Waals surface area contributed by atoms with E-state index in [4.69, 9.17) is 5.53 Å². The first-order valence-corrected chi connectivity index (χ1v) is 5.25. The molecule has 0 heterocycles. The Kier molecular flexibility index (Phi) is 3.05. The van der Waals surface area contributed by atoms with Crippen LogP contribution in [0.1, 0.15) is 31.2 Å². The van der Waals surface area contributed by atoms with Crippen molar-refractivity contribution in [3.63, 3.8) is 0 Å². The lowest BCUT2D eigenvalue weighted by atomic mass is 9.93. The van der Waals surface area contributed by atoms with E-state index < -0.39 is 0 Å². The van der Waals surface area contributed by atoms with E-state index in [-0.39, 0.29) is 0 Å². The van der Waals surface area contributed by atoms with E-state index >= 15 is 0 Å². The molecular weight excluding hydrogens is 186 g/mol. The van der Waals surface area contributed by atoms with E-state index in [0.29, 0.717) is 0 Å². The second-order valence-corrected chi connectivity index (χ2v) is 3.68. The van der Waals surface area contributed by atoms with Crippen LogP contribution in [-0.2, 0) is 0 Å². The number of azide groups is 1. The first kappa shape index (κ1) is 9.81. The topological polar surface area (TPSA) is 48.8 Å². The summed E-state index contributed by atoms with van der Waals surface area (Å²) in [7, 11) is 0. The van der Waals surface area contributed by atoms with Gasteiger partial charge in [0, 0.05) is 10.6 Å². The molecule has 1 aromatic carbocycles. The molecule has 1 aliphatic rings. The molecule has 0 aliphatic heterocycles. The van der Waals surface area contributed by atoms with Gasteiger partial charge in [-0.1, -0.05) is 35.5 Å². The van der Waals surface area contributed by atoms with Gasteiger partial charge in [-0.3, -0.25) is 0 Å². The quantitative estimate of drug-likeness (QED) is 0.380. The average molecular weight is 199 g/mol. The van der Waals surface area contributed by atoms with Crippen molar-refractivity contribution in [3.05, 3.63) is 46.3 Å². The van der Waals surface area contributed by atoms with Gasteiger partial charge in [0.1, 0.15) is 0 Å². The van der Waals surface area contributed by atoms with Gasteiger partial charge in [-0.05, 0) is 42.4 Å². The summed E-state index contributed by atoms with van der Waals surface area (Å²) in [5, 5.41) is 3.72. The fourth-order valence-electron chi connectivity index (χ4n) is 1.96. The van der Waals surface area contributed by atoms with Crippen molar-refractivity contribution in [3.8, 4) is 0 Å². The third-order valence-corrected chi connectivity index (χ3v) is 2.69. The fourth-order valence-corrected chi connectivity index (χ4v) is 1.96. The van der Waals surface area contributed by atoms with Crippen molar-refractivity contribution < 1.29 is 0 Å².